The fraction of sp³-hybridized carbons (Fsp3) is 0. The van der Waals surface area contributed by atoms with Gasteiger partial charge >= 0.3 is 0 Å². The molecule has 1 aromatic heterocycles. The smallest absolute Gasteiger partial charge is 0.143 e. The van der Waals surface area contributed by atoms with E-state index in [1.807, 2.05) is 0 Å². The minimum Gasteiger partial charge on any atom is -0.269 e. The zero-order chi connectivity index (χ0) is 9.97. The molecule has 0 aliphatic carbocycles. The van der Waals surface area contributed by atoms with Gasteiger partial charge < -0.3 is 0 Å². The van der Waals surface area contributed by atoms with Gasteiger partial charge in [0.1, 0.15) is 13.7 Å². The molecule has 0 amide bonds. The van der Waals surface area contributed by atoms with E-state index in [0.29, 0.717) is 11.3 Å². The quantitative estimate of drug-likeness (QED) is 0.619. The highest BCUT2D eigenvalue weighted by Gasteiger charge is 1.98. The number of nitrogens with zero attached hydrogens (tertiary/aromatic N) is 2. The molecule has 66 valence electrons. The number of benzene rings is 1. The number of hydrogen-bond donors (Lipinski definition) is 0. The normalized spacial score (nSPS) is 10.1. The molecule has 0 unspecified atom stereocenters. The van der Waals surface area contributed by atoms with E-state index in [9.17, 15) is 4.39 Å². The summed E-state index contributed by atoms with van der Waals surface area (Å²) in [5.74, 6) is -0.267. The van der Waals surface area contributed by atoms with E-state index in [1.165, 1.54) is 18.3 Å². The summed E-state index contributed by atoms with van der Waals surface area (Å²) in [5.41, 5.74) is 1.87. The van der Waals surface area contributed by atoms with Crippen molar-refractivity contribution in [2.75, 3.05) is 0 Å². The van der Waals surface area contributed by atoms with Gasteiger partial charge in [0, 0.05) is 17.4 Å². The molecular formula is C10H6BFN2. The second-order valence-electron chi connectivity index (χ2n) is 2.83. The zero-order valence-corrected chi connectivity index (χ0v) is 7.31. The second-order valence-corrected chi connectivity index (χ2v) is 2.83. The molecule has 1 heterocycles. The topological polar surface area (TPSA) is 25.8 Å². The highest BCUT2D eigenvalue weighted by atomic mass is 19.1. The van der Waals surface area contributed by atoms with E-state index >= 15 is 0 Å². The third-order valence-corrected chi connectivity index (χ3v) is 1.81. The van der Waals surface area contributed by atoms with E-state index in [4.69, 9.17) is 7.85 Å². The lowest BCUT2D eigenvalue weighted by atomic mass is 10.1. The average Bonchev–Trinajstić information content (AvgIpc) is 2.21. The number of hydrogen-bond acceptors (Lipinski definition) is 2. The van der Waals surface area contributed by atoms with E-state index in [1.54, 1.807) is 18.3 Å². The summed E-state index contributed by atoms with van der Waals surface area (Å²) in [7, 11) is 5.40. The van der Waals surface area contributed by atoms with Gasteiger partial charge in [-0.3, -0.25) is 9.97 Å². The number of halogens is 1. The Hall–Kier alpha value is -1.71. The zero-order valence-electron chi connectivity index (χ0n) is 7.31. The molecule has 2 aromatic rings. The van der Waals surface area contributed by atoms with Crippen LogP contribution in [0.25, 0.3) is 11.3 Å². The Labute approximate surface area is 82.2 Å². The van der Waals surface area contributed by atoms with Crippen molar-refractivity contribution in [1.29, 1.82) is 0 Å². The predicted octanol–water partition coefficient (Wildman–Crippen LogP) is 1.08. The molecule has 4 heteroatoms. The molecule has 0 aliphatic heterocycles. The van der Waals surface area contributed by atoms with Crippen LogP contribution in [-0.4, -0.2) is 17.8 Å². The first-order valence-electron chi connectivity index (χ1n) is 4.09. The molecule has 14 heavy (non-hydrogen) atoms. The first kappa shape index (κ1) is 8.87. The highest BCUT2D eigenvalue weighted by Crippen LogP contribution is 2.14. The minimum atomic E-state index is -0.267. The molecule has 2 rings (SSSR count). The Bertz CT molecular complexity index is 381. The summed E-state index contributed by atoms with van der Waals surface area (Å²) in [6, 6.07) is 6.06. The highest BCUT2D eigenvalue weighted by molar-refractivity contribution is 6.30. The van der Waals surface area contributed by atoms with Gasteiger partial charge in [0.05, 0.1) is 11.9 Å². The summed E-state index contributed by atoms with van der Waals surface area (Å²) in [6.07, 6.45) is 3.03. The molecule has 0 N–H and O–H groups in total. The number of aromatic nitrogens is 2. The van der Waals surface area contributed by atoms with E-state index in [-0.39, 0.29) is 5.82 Å². The van der Waals surface area contributed by atoms with Gasteiger partial charge in [-0.25, -0.2) is 4.39 Å². The van der Waals surface area contributed by atoms with Gasteiger partial charge in [0.2, 0.25) is 0 Å². The third-order valence-electron chi connectivity index (χ3n) is 1.81. The molecule has 1 aromatic carbocycles. The Morgan fingerprint density at radius 2 is 1.71 bits per heavy atom. The van der Waals surface area contributed by atoms with Gasteiger partial charge in [-0.2, -0.15) is 0 Å². The largest absolute Gasteiger partial charge is 0.269 e. The second kappa shape index (κ2) is 3.58. The van der Waals surface area contributed by atoms with Crippen molar-refractivity contribution in [3.63, 3.8) is 0 Å². The van der Waals surface area contributed by atoms with Gasteiger partial charge in [-0.05, 0) is 24.3 Å². The SMILES string of the molecule is [B]c1cnc(-c2ccc(F)cc2)cn1. The van der Waals surface area contributed by atoms with Crippen molar-refractivity contribution in [3.05, 3.63) is 42.5 Å². The van der Waals surface area contributed by atoms with Crippen molar-refractivity contribution < 1.29 is 4.39 Å². The van der Waals surface area contributed by atoms with Crippen molar-refractivity contribution >= 4 is 13.4 Å². The van der Waals surface area contributed by atoms with Crippen molar-refractivity contribution in [2.24, 2.45) is 0 Å². The molecule has 2 radical (unpaired) electrons. The van der Waals surface area contributed by atoms with Crippen LogP contribution in [0.3, 0.4) is 0 Å². The van der Waals surface area contributed by atoms with Crippen molar-refractivity contribution in [3.8, 4) is 11.3 Å². The van der Waals surface area contributed by atoms with Gasteiger partial charge in [-0.15, -0.1) is 0 Å². The standard InChI is InChI=1S/C10H6BFN2/c11-10-6-13-9(5-14-10)7-1-3-8(12)4-2-7/h1-6H. The monoisotopic (exact) mass is 184 g/mol. The van der Waals surface area contributed by atoms with E-state index in [2.05, 4.69) is 9.97 Å². The summed E-state index contributed by atoms with van der Waals surface area (Å²) >= 11 is 0. The Morgan fingerprint density at radius 3 is 2.29 bits per heavy atom. The van der Waals surface area contributed by atoms with E-state index in [0.717, 1.165) is 5.56 Å². The summed E-state index contributed by atoms with van der Waals surface area (Å²) in [6.45, 7) is 0. The van der Waals surface area contributed by atoms with Crippen LogP contribution >= 0.6 is 0 Å². The lowest BCUT2D eigenvalue weighted by Crippen LogP contribution is -2.08. The molecule has 0 fully saturated rings. The van der Waals surface area contributed by atoms with Crippen LogP contribution in [0.15, 0.2) is 36.7 Å². The third kappa shape index (κ3) is 1.79. The molecule has 0 atom stereocenters. The lowest BCUT2D eigenvalue weighted by molar-refractivity contribution is 0.628. The van der Waals surface area contributed by atoms with Crippen LogP contribution in [0.5, 0.6) is 0 Å². The molecule has 0 saturated carbocycles. The Balaban J connectivity index is 2.40. The van der Waals surface area contributed by atoms with Crippen LogP contribution in [-0.2, 0) is 0 Å². The Kier molecular flexibility index (Phi) is 2.27. The maximum atomic E-state index is 12.6. The van der Waals surface area contributed by atoms with Crippen LogP contribution in [0.2, 0.25) is 0 Å². The van der Waals surface area contributed by atoms with Crippen molar-refractivity contribution in [2.45, 2.75) is 0 Å². The summed E-state index contributed by atoms with van der Waals surface area (Å²) < 4.78 is 12.6. The van der Waals surface area contributed by atoms with Gasteiger partial charge in [0.15, 0.2) is 0 Å². The van der Waals surface area contributed by atoms with Crippen LogP contribution in [0, 0.1) is 5.82 Å². The predicted molar refractivity (Wildman–Crippen MR) is 52.8 cm³/mol. The van der Waals surface area contributed by atoms with Crippen molar-refractivity contribution in [1.82, 2.24) is 9.97 Å². The molecular weight excluding hydrogens is 178 g/mol. The first-order chi connectivity index (χ1) is 6.75. The minimum absolute atomic E-state index is 0.267. The molecule has 2 nitrogen and oxygen atoms in total. The first-order valence-corrected chi connectivity index (χ1v) is 4.09. The molecule has 0 saturated heterocycles. The molecule has 0 spiro atoms. The van der Waals surface area contributed by atoms with Gasteiger partial charge in [0.25, 0.3) is 0 Å². The van der Waals surface area contributed by atoms with Crippen LogP contribution < -0.4 is 5.59 Å². The van der Waals surface area contributed by atoms with Crippen LogP contribution in [0.4, 0.5) is 4.39 Å². The maximum absolute atomic E-state index is 12.6. The van der Waals surface area contributed by atoms with Gasteiger partial charge in [-0.1, -0.05) is 0 Å². The maximum Gasteiger partial charge on any atom is 0.143 e. The summed E-state index contributed by atoms with van der Waals surface area (Å²) in [5, 5.41) is 0. The van der Waals surface area contributed by atoms with Crippen LogP contribution in [0.1, 0.15) is 0 Å². The molecule has 0 aliphatic rings. The average molecular weight is 184 g/mol. The van der Waals surface area contributed by atoms with E-state index < -0.39 is 0 Å². The Morgan fingerprint density at radius 1 is 1.00 bits per heavy atom. The lowest BCUT2D eigenvalue weighted by Gasteiger charge is -1.99. The summed E-state index contributed by atoms with van der Waals surface area (Å²) in [4.78, 5) is 7.97. The fourth-order valence-corrected chi connectivity index (χ4v) is 1.11. The molecule has 0 bridgehead atoms. The fourth-order valence-electron chi connectivity index (χ4n) is 1.11. The number of rotatable bonds is 1.